The Balaban J connectivity index is 1.83. The molecule has 20 heavy (non-hydrogen) atoms. The Morgan fingerprint density at radius 2 is 2.00 bits per heavy atom. The van der Waals surface area contributed by atoms with E-state index in [2.05, 4.69) is 10.2 Å². The maximum Gasteiger partial charge on any atom is 0.175 e. The van der Waals surface area contributed by atoms with E-state index in [0.29, 0.717) is 21.9 Å². The molecule has 1 unspecified atom stereocenters. The van der Waals surface area contributed by atoms with E-state index in [1.165, 1.54) is 32.2 Å². The van der Waals surface area contributed by atoms with Crippen molar-refractivity contribution in [3.8, 4) is 0 Å². The molecule has 1 atom stereocenters. The molecule has 1 N–H and O–H groups in total. The molecule has 110 valence electrons. The number of hydrogen-bond acceptors (Lipinski definition) is 4. The van der Waals surface area contributed by atoms with Gasteiger partial charge in [0, 0.05) is 18.8 Å². The lowest BCUT2D eigenvalue weighted by molar-refractivity contribution is 0.0975. The summed E-state index contributed by atoms with van der Waals surface area (Å²) in [5, 5.41) is 4.03. The Hall–Kier alpha value is -0.780. The van der Waals surface area contributed by atoms with E-state index in [-0.39, 0.29) is 0 Å². The zero-order valence-corrected chi connectivity index (χ0v) is 13.0. The van der Waals surface area contributed by atoms with Gasteiger partial charge >= 0.3 is 0 Å². The molecule has 0 radical (unpaired) electrons. The van der Waals surface area contributed by atoms with E-state index in [1.807, 2.05) is 0 Å². The second-order valence-corrected chi connectivity index (χ2v) is 8.23. The molecule has 0 aromatic heterocycles. The first-order valence-corrected chi connectivity index (χ1v) is 9.19. The summed E-state index contributed by atoms with van der Waals surface area (Å²) in [7, 11) is -3.20. The third kappa shape index (κ3) is 2.80. The summed E-state index contributed by atoms with van der Waals surface area (Å²) in [5.41, 5.74) is 0.730. The van der Waals surface area contributed by atoms with Crippen molar-refractivity contribution < 1.29 is 8.42 Å². The van der Waals surface area contributed by atoms with Crippen molar-refractivity contribution in [2.45, 2.75) is 23.8 Å². The minimum Gasteiger partial charge on any atom is -0.380 e. The SMILES string of the molecule is CS(=O)(=O)c1ccc(Cl)c(NC2CN3CCC2CC3)c1. The molecule has 3 saturated heterocycles. The van der Waals surface area contributed by atoms with Crippen LogP contribution in [0.3, 0.4) is 0 Å². The fourth-order valence-electron chi connectivity index (χ4n) is 3.17. The Morgan fingerprint density at radius 3 is 2.55 bits per heavy atom. The summed E-state index contributed by atoms with van der Waals surface area (Å²) < 4.78 is 23.3. The maximum absolute atomic E-state index is 11.6. The molecule has 4 nitrogen and oxygen atoms in total. The van der Waals surface area contributed by atoms with Crippen LogP contribution in [0.1, 0.15) is 12.8 Å². The molecule has 6 heteroatoms. The molecule has 1 aromatic carbocycles. The summed E-state index contributed by atoms with van der Waals surface area (Å²) in [6.07, 6.45) is 3.64. The number of nitrogens with one attached hydrogen (secondary N) is 1. The van der Waals surface area contributed by atoms with Gasteiger partial charge in [0.05, 0.1) is 15.6 Å². The molecule has 0 spiro atoms. The third-order valence-electron chi connectivity index (χ3n) is 4.36. The van der Waals surface area contributed by atoms with Crippen molar-refractivity contribution in [1.29, 1.82) is 0 Å². The monoisotopic (exact) mass is 314 g/mol. The van der Waals surface area contributed by atoms with Gasteiger partial charge in [0.1, 0.15) is 0 Å². The topological polar surface area (TPSA) is 49.4 Å². The molecular weight excluding hydrogens is 296 g/mol. The first kappa shape index (κ1) is 14.2. The van der Waals surface area contributed by atoms with Crippen molar-refractivity contribution in [2.24, 2.45) is 5.92 Å². The van der Waals surface area contributed by atoms with Gasteiger partial charge in [-0.15, -0.1) is 0 Å². The molecule has 2 bridgehead atoms. The lowest BCUT2D eigenvalue weighted by Gasteiger charge is -2.45. The molecular formula is C14H19ClN2O2S. The molecule has 3 heterocycles. The Kier molecular flexibility index (Phi) is 3.69. The number of rotatable bonds is 3. The molecule has 4 rings (SSSR count). The van der Waals surface area contributed by atoms with Gasteiger partial charge in [-0.25, -0.2) is 8.42 Å². The van der Waals surface area contributed by atoms with Crippen LogP contribution < -0.4 is 5.32 Å². The summed E-state index contributed by atoms with van der Waals surface area (Å²) >= 11 is 6.20. The van der Waals surface area contributed by atoms with Crippen LogP contribution in [0.4, 0.5) is 5.69 Å². The standard InChI is InChI=1S/C14H19ClN2O2S/c1-20(18,19)11-2-3-12(15)13(8-11)16-14-9-17-6-4-10(14)5-7-17/h2-3,8,10,14,16H,4-7,9H2,1H3. The molecule has 0 aliphatic carbocycles. The quantitative estimate of drug-likeness (QED) is 0.929. The van der Waals surface area contributed by atoms with E-state index in [4.69, 9.17) is 11.6 Å². The number of anilines is 1. The van der Waals surface area contributed by atoms with E-state index < -0.39 is 9.84 Å². The lowest BCUT2D eigenvalue weighted by atomic mass is 9.84. The summed E-state index contributed by atoms with van der Waals surface area (Å²) in [5.74, 6) is 0.665. The predicted octanol–water partition coefficient (Wildman–Crippen LogP) is 2.25. The Bertz CT molecular complexity index is 610. The van der Waals surface area contributed by atoms with Gasteiger partial charge in [-0.05, 0) is 50.0 Å². The maximum atomic E-state index is 11.6. The van der Waals surface area contributed by atoms with Crippen LogP contribution >= 0.6 is 11.6 Å². The van der Waals surface area contributed by atoms with E-state index in [0.717, 1.165) is 12.2 Å². The highest BCUT2D eigenvalue weighted by Crippen LogP contribution is 2.32. The fraction of sp³-hybridized carbons (Fsp3) is 0.571. The number of halogens is 1. The highest BCUT2D eigenvalue weighted by Gasteiger charge is 2.34. The first-order chi connectivity index (χ1) is 9.43. The van der Waals surface area contributed by atoms with Gasteiger partial charge in [0.25, 0.3) is 0 Å². The molecule has 3 fully saturated rings. The highest BCUT2D eigenvalue weighted by molar-refractivity contribution is 7.90. The van der Waals surface area contributed by atoms with Crippen molar-refractivity contribution >= 4 is 27.1 Å². The van der Waals surface area contributed by atoms with Crippen molar-refractivity contribution in [2.75, 3.05) is 31.2 Å². The van der Waals surface area contributed by atoms with Crippen molar-refractivity contribution in [3.63, 3.8) is 0 Å². The number of sulfone groups is 1. The molecule has 1 aromatic rings. The zero-order chi connectivity index (χ0) is 14.3. The zero-order valence-electron chi connectivity index (χ0n) is 11.5. The third-order valence-corrected chi connectivity index (χ3v) is 5.80. The number of nitrogens with zero attached hydrogens (tertiary/aromatic N) is 1. The average Bonchev–Trinajstić information content (AvgIpc) is 2.41. The van der Waals surface area contributed by atoms with Crippen molar-refractivity contribution in [1.82, 2.24) is 4.90 Å². The lowest BCUT2D eigenvalue weighted by Crippen LogP contribution is -2.53. The van der Waals surface area contributed by atoms with Crippen LogP contribution in [0, 0.1) is 5.92 Å². The van der Waals surface area contributed by atoms with Gasteiger partial charge in [0.2, 0.25) is 0 Å². The Morgan fingerprint density at radius 1 is 1.30 bits per heavy atom. The number of fused-ring (bicyclic) bond motifs is 3. The Labute approximate surface area is 125 Å². The second-order valence-electron chi connectivity index (χ2n) is 5.80. The van der Waals surface area contributed by atoms with Crippen LogP contribution in [-0.4, -0.2) is 45.2 Å². The highest BCUT2D eigenvalue weighted by atomic mass is 35.5. The van der Waals surface area contributed by atoms with Crippen LogP contribution in [0.5, 0.6) is 0 Å². The van der Waals surface area contributed by atoms with E-state index in [9.17, 15) is 8.42 Å². The number of benzene rings is 1. The van der Waals surface area contributed by atoms with Gasteiger partial charge < -0.3 is 10.2 Å². The first-order valence-electron chi connectivity index (χ1n) is 6.92. The second kappa shape index (κ2) is 5.20. The normalized spacial score (nSPS) is 29.4. The summed E-state index contributed by atoms with van der Waals surface area (Å²) in [6, 6.07) is 5.22. The largest absolute Gasteiger partial charge is 0.380 e. The molecule has 3 aliphatic rings. The minimum atomic E-state index is -3.20. The number of piperidine rings is 3. The summed E-state index contributed by atoms with van der Waals surface area (Å²) in [6.45, 7) is 3.38. The fourth-order valence-corrected chi connectivity index (χ4v) is 3.99. The molecule has 0 saturated carbocycles. The minimum absolute atomic E-state index is 0.311. The van der Waals surface area contributed by atoms with Crippen LogP contribution in [0.2, 0.25) is 5.02 Å². The molecule has 0 amide bonds. The van der Waals surface area contributed by atoms with Crippen LogP contribution in [-0.2, 0) is 9.84 Å². The predicted molar refractivity (Wildman–Crippen MR) is 81.1 cm³/mol. The van der Waals surface area contributed by atoms with Gasteiger partial charge in [-0.3, -0.25) is 0 Å². The van der Waals surface area contributed by atoms with Gasteiger partial charge in [-0.1, -0.05) is 11.6 Å². The number of hydrogen-bond donors (Lipinski definition) is 1. The average molecular weight is 315 g/mol. The van der Waals surface area contributed by atoms with E-state index >= 15 is 0 Å². The smallest absolute Gasteiger partial charge is 0.175 e. The van der Waals surface area contributed by atoms with Crippen LogP contribution in [0.15, 0.2) is 23.1 Å². The van der Waals surface area contributed by atoms with E-state index in [1.54, 1.807) is 18.2 Å². The summed E-state index contributed by atoms with van der Waals surface area (Å²) in [4.78, 5) is 2.76. The van der Waals surface area contributed by atoms with Gasteiger partial charge in [0.15, 0.2) is 9.84 Å². The van der Waals surface area contributed by atoms with Crippen molar-refractivity contribution in [3.05, 3.63) is 23.2 Å². The van der Waals surface area contributed by atoms with Crippen LogP contribution in [0.25, 0.3) is 0 Å². The van der Waals surface area contributed by atoms with Gasteiger partial charge in [-0.2, -0.15) is 0 Å². The molecule has 3 aliphatic heterocycles.